The van der Waals surface area contributed by atoms with Crippen LogP contribution in [0.4, 0.5) is 10.8 Å². The number of nitrogens with zero attached hydrogens (tertiary/aromatic N) is 3. The van der Waals surface area contributed by atoms with Crippen LogP contribution in [0.1, 0.15) is 18.0 Å². The van der Waals surface area contributed by atoms with Gasteiger partial charge >= 0.3 is 0 Å². The van der Waals surface area contributed by atoms with Crippen molar-refractivity contribution in [1.29, 1.82) is 0 Å². The fourth-order valence-electron chi connectivity index (χ4n) is 3.82. The number of likely N-dealkylation sites (N-methyl/N-ethyl adjacent to an activating group) is 1. The van der Waals surface area contributed by atoms with Gasteiger partial charge in [-0.1, -0.05) is 0 Å². The van der Waals surface area contributed by atoms with Crippen molar-refractivity contribution in [3.05, 3.63) is 39.8 Å². The Kier molecular flexibility index (Phi) is 4.11. The second kappa shape index (κ2) is 6.27. The molecule has 126 valence electrons. The highest BCUT2D eigenvalue weighted by Gasteiger charge is 2.33. The molecule has 0 spiro atoms. The summed E-state index contributed by atoms with van der Waals surface area (Å²) >= 11 is 6.75. The van der Waals surface area contributed by atoms with E-state index in [0.29, 0.717) is 27.8 Å². The van der Waals surface area contributed by atoms with Crippen LogP contribution in [0, 0.1) is 5.92 Å². The molecule has 1 saturated heterocycles. The number of fused-ring (bicyclic) bond motifs is 4. The van der Waals surface area contributed by atoms with Crippen LogP contribution >= 0.6 is 23.6 Å². The molecule has 0 aliphatic carbocycles. The van der Waals surface area contributed by atoms with Crippen LogP contribution in [0.3, 0.4) is 0 Å². The summed E-state index contributed by atoms with van der Waals surface area (Å²) in [4.78, 5) is 19.3. The van der Waals surface area contributed by atoms with Crippen molar-refractivity contribution < 1.29 is 0 Å². The maximum Gasteiger partial charge on any atom is 0.274 e. The molecular weight excluding hydrogens is 342 g/mol. The van der Waals surface area contributed by atoms with Crippen molar-refractivity contribution in [2.45, 2.75) is 18.9 Å². The van der Waals surface area contributed by atoms with E-state index in [9.17, 15) is 4.79 Å². The average Bonchev–Trinajstić information content (AvgIpc) is 3.03. The second-order valence-electron chi connectivity index (χ2n) is 6.52. The first-order valence-electron chi connectivity index (χ1n) is 8.00. The number of aromatic nitrogens is 2. The van der Waals surface area contributed by atoms with Crippen LogP contribution in [-0.2, 0) is 6.54 Å². The molecule has 2 N–H and O–H groups in total. The van der Waals surface area contributed by atoms with E-state index in [2.05, 4.69) is 33.6 Å². The summed E-state index contributed by atoms with van der Waals surface area (Å²) in [5.41, 5.74) is 1.67. The van der Waals surface area contributed by atoms with Gasteiger partial charge in [0.2, 0.25) is 0 Å². The summed E-state index contributed by atoms with van der Waals surface area (Å²) in [6.07, 6.45) is 2.89. The molecule has 0 aromatic carbocycles. The summed E-state index contributed by atoms with van der Waals surface area (Å²) in [6, 6.07) is 3.91. The maximum atomic E-state index is 12.9. The zero-order chi connectivity index (χ0) is 16.7. The van der Waals surface area contributed by atoms with Crippen molar-refractivity contribution in [2.75, 3.05) is 30.8 Å². The summed E-state index contributed by atoms with van der Waals surface area (Å²) in [6.45, 7) is 2.87. The van der Waals surface area contributed by atoms with Gasteiger partial charge in [0, 0.05) is 42.8 Å². The summed E-state index contributed by atoms with van der Waals surface area (Å²) in [5, 5.41) is 8.98. The highest BCUT2D eigenvalue weighted by molar-refractivity contribution is 7.80. The van der Waals surface area contributed by atoms with Gasteiger partial charge in [0.25, 0.3) is 5.56 Å². The molecule has 2 aliphatic heterocycles. The first-order chi connectivity index (χ1) is 11.6. The number of thiocarbonyl (C=S) groups is 1. The predicted molar refractivity (Wildman–Crippen MR) is 101 cm³/mol. The van der Waals surface area contributed by atoms with Crippen LogP contribution in [0.15, 0.2) is 28.5 Å². The molecule has 2 aromatic rings. The normalized spacial score (nSPS) is 22.7. The average molecular weight is 361 g/mol. The Morgan fingerprint density at radius 2 is 2.21 bits per heavy atom. The van der Waals surface area contributed by atoms with Gasteiger partial charge in [-0.05, 0) is 43.7 Å². The fourth-order valence-corrected chi connectivity index (χ4v) is 4.62. The van der Waals surface area contributed by atoms with Gasteiger partial charge in [0.15, 0.2) is 10.2 Å². The molecule has 0 saturated carbocycles. The van der Waals surface area contributed by atoms with Crippen LogP contribution < -0.4 is 16.2 Å². The molecule has 4 heterocycles. The topological polar surface area (TPSA) is 62.2 Å². The lowest BCUT2D eigenvalue weighted by atomic mass is 9.83. The molecule has 6 nitrogen and oxygen atoms in total. The number of pyridine rings is 1. The molecule has 0 amide bonds. The van der Waals surface area contributed by atoms with Crippen molar-refractivity contribution in [1.82, 2.24) is 14.5 Å². The number of nitrogens with one attached hydrogen (secondary N) is 2. The van der Waals surface area contributed by atoms with Crippen LogP contribution in [0.5, 0.6) is 0 Å². The van der Waals surface area contributed by atoms with Gasteiger partial charge < -0.3 is 20.1 Å². The summed E-state index contributed by atoms with van der Waals surface area (Å²) in [5.74, 6) is 0.999. The molecule has 2 bridgehead atoms. The third-order valence-electron chi connectivity index (χ3n) is 4.69. The van der Waals surface area contributed by atoms with Gasteiger partial charge in [-0.2, -0.15) is 0 Å². The zero-order valence-corrected chi connectivity index (χ0v) is 15.0. The van der Waals surface area contributed by atoms with Gasteiger partial charge in [-0.25, -0.2) is 4.98 Å². The second-order valence-corrected chi connectivity index (χ2v) is 7.83. The molecule has 8 heteroatoms. The molecule has 4 rings (SSSR count). The SMILES string of the molecule is CN1C[C@@H]2C[C@H](C1)c1ccc(NC(=S)Nc3nccs3)c(=O)n1C2. The van der Waals surface area contributed by atoms with E-state index in [1.165, 1.54) is 17.8 Å². The highest BCUT2D eigenvalue weighted by Crippen LogP contribution is 2.34. The molecule has 2 aromatic heterocycles. The van der Waals surface area contributed by atoms with Crippen LogP contribution in [-0.4, -0.2) is 39.7 Å². The van der Waals surface area contributed by atoms with E-state index >= 15 is 0 Å². The van der Waals surface area contributed by atoms with Crippen molar-refractivity contribution in [2.24, 2.45) is 5.92 Å². The third-order valence-corrected chi connectivity index (χ3v) is 5.58. The largest absolute Gasteiger partial charge is 0.328 e. The van der Waals surface area contributed by atoms with E-state index in [4.69, 9.17) is 12.2 Å². The fraction of sp³-hybridized carbons (Fsp3) is 0.438. The number of hydrogen-bond donors (Lipinski definition) is 2. The van der Waals surface area contributed by atoms with E-state index in [1.54, 1.807) is 6.20 Å². The lowest BCUT2D eigenvalue weighted by molar-refractivity contribution is 0.145. The maximum absolute atomic E-state index is 12.9. The minimum atomic E-state index is 0.00930. The monoisotopic (exact) mass is 361 g/mol. The Morgan fingerprint density at radius 3 is 3.00 bits per heavy atom. The minimum absolute atomic E-state index is 0.00930. The lowest BCUT2D eigenvalue weighted by Gasteiger charge is -2.41. The Bertz CT molecular complexity index is 816. The number of anilines is 2. The van der Waals surface area contributed by atoms with Gasteiger partial charge in [-0.3, -0.25) is 4.79 Å². The Labute approximate surface area is 149 Å². The molecule has 0 radical (unpaired) electrons. The summed E-state index contributed by atoms with van der Waals surface area (Å²) < 4.78 is 1.93. The number of thiazole rings is 1. The molecule has 2 aliphatic rings. The van der Waals surface area contributed by atoms with Crippen LogP contribution in [0.2, 0.25) is 0 Å². The first kappa shape index (κ1) is 15.7. The quantitative estimate of drug-likeness (QED) is 0.800. The zero-order valence-electron chi connectivity index (χ0n) is 13.4. The highest BCUT2D eigenvalue weighted by atomic mass is 32.1. The van der Waals surface area contributed by atoms with E-state index in [0.717, 1.165) is 25.3 Å². The minimum Gasteiger partial charge on any atom is -0.328 e. The van der Waals surface area contributed by atoms with Crippen molar-refractivity contribution in [3.63, 3.8) is 0 Å². The number of hydrogen-bond acceptors (Lipinski definition) is 5. The van der Waals surface area contributed by atoms with Crippen LogP contribution in [0.25, 0.3) is 0 Å². The smallest absolute Gasteiger partial charge is 0.274 e. The first-order valence-corrected chi connectivity index (χ1v) is 9.28. The molecule has 24 heavy (non-hydrogen) atoms. The molecule has 0 unspecified atom stereocenters. The van der Waals surface area contributed by atoms with Crippen molar-refractivity contribution in [3.8, 4) is 0 Å². The molecular formula is C16H19N5OS2. The molecule has 2 atom stereocenters. The number of rotatable bonds is 2. The molecule has 1 fully saturated rings. The third kappa shape index (κ3) is 2.97. The van der Waals surface area contributed by atoms with E-state index in [-0.39, 0.29) is 5.56 Å². The van der Waals surface area contributed by atoms with Gasteiger partial charge in [0.05, 0.1) is 0 Å². The van der Waals surface area contributed by atoms with Crippen molar-refractivity contribution >= 4 is 39.5 Å². The van der Waals surface area contributed by atoms with Gasteiger partial charge in [-0.15, -0.1) is 11.3 Å². The van der Waals surface area contributed by atoms with E-state index < -0.39 is 0 Å². The number of likely N-dealkylation sites (tertiary alicyclic amines) is 1. The Hall–Kier alpha value is -1.77. The lowest BCUT2D eigenvalue weighted by Crippen LogP contribution is -2.46. The van der Waals surface area contributed by atoms with E-state index in [1.807, 2.05) is 16.0 Å². The summed E-state index contributed by atoms with van der Waals surface area (Å²) in [7, 11) is 2.16. The predicted octanol–water partition coefficient (Wildman–Crippen LogP) is 2.16. The Balaban J connectivity index is 1.57. The standard InChI is InChI=1S/C16H19N5OS2/c1-20-7-10-6-11(9-20)13-3-2-12(14(22)21(13)8-10)18-15(23)19-16-17-4-5-24-16/h2-5,10-11H,6-9H2,1H3,(H2,17,18,19,23)/t10-,11+/m0/s1. The van der Waals surface area contributed by atoms with Gasteiger partial charge in [0.1, 0.15) is 5.69 Å². The number of piperidine rings is 1. The Morgan fingerprint density at radius 1 is 1.33 bits per heavy atom.